The van der Waals surface area contributed by atoms with E-state index in [1.54, 1.807) is 18.4 Å². The van der Waals surface area contributed by atoms with Crippen LogP contribution in [0, 0.1) is 0 Å². The zero-order valence-electron chi connectivity index (χ0n) is 18.4. The number of furan rings is 1. The molecule has 170 valence electrons. The molecule has 5 heterocycles. The third-order valence-electron chi connectivity index (χ3n) is 6.55. The first-order valence-corrected chi connectivity index (χ1v) is 11.4. The number of morpholine rings is 1. The zero-order chi connectivity index (χ0) is 22.1. The summed E-state index contributed by atoms with van der Waals surface area (Å²) in [4.78, 5) is 34.2. The van der Waals surface area contributed by atoms with E-state index in [2.05, 4.69) is 15.0 Å². The Morgan fingerprint density at radius 3 is 2.72 bits per heavy atom. The number of hydrogen-bond acceptors (Lipinski definition) is 6. The van der Waals surface area contributed by atoms with Crippen LogP contribution in [0.15, 0.2) is 33.7 Å². The van der Waals surface area contributed by atoms with Crippen LogP contribution in [0.2, 0.25) is 0 Å². The first-order valence-electron chi connectivity index (χ1n) is 11.4. The molecule has 9 nitrogen and oxygen atoms in total. The lowest BCUT2D eigenvalue weighted by Crippen LogP contribution is -2.39. The van der Waals surface area contributed by atoms with E-state index >= 15 is 0 Å². The van der Waals surface area contributed by atoms with E-state index in [0.717, 1.165) is 49.5 Å². The number of hydrogen-bond donors (Lipinski definition) is 1. The Balaban J connectivity index is 1.25. The second-order valence-corrected chi connectivity index (χ2v) is 8.56. The van der Waals surface area contributed by atoms with Crippen LogP contribution in [0.5, 0.6) is 0 Å². The van der Waals surface area contributed by atoms with Crippen molar-refractivity contribution >= 4 is 11.6 Å². The maximum absolute atomic E-state index is 13.2. The highest BCUT2D eigenvalue weighted by atomic mass is 16.5. The predicted octanol–water partition coefficient (Wildman–Crippen LogP) is 2.03. The smallest absolute Gasteiger partial charge is 0.272 e. The van der Waals surface area contributed by atoms with Crippen LogP contribution in [0.4, 0.5) is 0 Å². The summed E-state index contributed by atoms with van der Waals surface area (Å²) in [5.74, 6) is 1.02. The van der Waals surface area contributed by atoms with Crippen molar-refractivity contribution in [2.75, 3.05) is 39.4 Å². The summed E-state index contributed by atoms with van der Waals surface area (Å²) < 4.78 is 12.6. The number of aromatic nitrogens is 3. The molecule has 2 fully saturated rings. The average molecular weight is 440 g/mol. The van der Waals surface area contributed by atoms with Gasteiger partial charge in [0.1, 0.15) is 5.76 Å². The fraction of sp³-hybridized carbons (Fsp3) is 0.522. The monoisotopic (exact) mass is 439 g/mol. The second-order valence-electron chi connectivity index (χ2n) is 8.56. The number of nitrogens with zero attached hydrogens (tertiary/aromatic N) is 4. The van der Waals surface area contributed by atoms with E-state index in [1.807, 2.05) is 17.9 Å². The van der Waals surface area contributed by atoms with Crippen molar-refractivity contribution in [1.29, 1.82) is 0 Å². The Kier molecular flexibility index (Phi) is 5.84. The number of aryl methyl sites for hydroxylation is 1. The summed E-state index contributed by atoms with van der Waals surface area (Å²) >= 11 is 0. The topological polar surface area (TPSA) is 96.1 Å². The lowest BCUT2D eigenvalue weighted by molar-refractivity contribution is 0.0310. The van der Waals surface area contributed by atoms with Gasteiger partial charge in [0, 0.05) is 55.6 Å². The number of amides is 1. The van der Waals surface area contributed by atoms with Gasteiger partial charge in [-0.05, 0) is 25.3 Å². The Morgan fingerprint density at radius 2 is 1.97 bits per heavy atom. The van der Waals surface area contributed by atoms with Gasteiger partial charge in [0.25, 0.3) is 11.5 Å². The van der Waals surface area contributed by atoms with Gasteiger partial charge in [-0.1, -0.05) is 6.92 Å². The van der Waals surface area contributed by atoms with Crippen LogP contribution in [0.1, 0.15) is 53.2 Å². The normalized spacial score (nSPS) is 18.5. The highest BCUT2D eigenvalue weighted by Crippen LogP contribution is 2.29. The summed E-state index contributed by atoms with van der Waals surface area (Å²) in [7, 11) is 0. The number of likely N-dealkylation sites (tertiary alicyclic amines) is 1. The van der Waals surface area contributed by atoms with Gasteiger partial charge in [-0.15, -0.1) is 0 Å². The number of rotatable bonds is 5. The first kappa shape index (κ1) is 21.0. The molecule has 1 amide bonds. The molecule has 0 bridgehead atoms. The number of carbonyl (C=O) groups is 1. The van der Waals surface area contributed by atoms with Crippen LogP contribution in [0.3, 0.4) is 0 Å². The molecule has 1 N–H and O–H groups in total. The minimum absolute atomic E-state index is 0.0302. The SMILES string of the molecule is CCc1cc(=O)n2[nH]c(C3CCN(C(=O)c4ccoc4CN4CCOCC4)CC3)cc2n1. The van der Waals surface area contributed by atoms with Gasteiger partial charge < -0.3 is 14.1 Å². The Hall–Kier alpha value is -2.91. The van der Waals surface area contributed by atoms with Crippen molar-refractivity contribution < 1.29 is 13.9 Å². The highest BCUT2D eigenvalue weighted by molar-refractivity contribution is 5.95. The molecule has 5 rings (SSSR count). The third-order valence-corrected chi connectivity index (χ3v) is 6.55. The molecule has 2 aliphatic rings. The summed E-state index contributed by atoms with van der Waals surface area (Å²) in [5.41, 5.74) is 3.04. The van der Waals surface area contributed by atoms with E-state index < -0.39 is 0 Å². The fourth-order valence-corrected chi connectivity index (χ4v) is 4.63. The summed E-state index contributed by atoms with van der Waals surface area (Å²) in [6.45, 7) is 7.09. The number of ether oxygens (including phenoxy) is 1. The lowest BCUT2D eigenvalue weighted by atomic mass is 9.93. The number of carbonyl (C=O) groups excluding carboxylic acids is 1. The molecule has 0 unspecified atom stereocenters. The molecular weight excluding hydrogens is 410 g/mol. The van der Waals surface area contributed by atoms with Gasteiger partial charge in [0.05, 0.1) is 31.6 Å². The molecule has 9 heteroatoms. The van der Waals surface area contributed by atoms with Crippen molar-refractivity contribution in [3.8, 4) is 0 Å². The van der Waals surface area contributed by atoms with E-state index in [4.69, 9.17) is 9.15 Å². The average Bonchev–Trinajstić information content (AvgIpc) is 3.47. The molecule has 0 aromatic carbocycles. The van der Waals surface area contributed by atoms with E-state index in [-0.39, 0.29) is 17.4 Å². The van der Waals surface area contributed by atoms with E-state index in [1.165, 1.54) is 4.52 Å². The Morgan fingerprint density at radius 1 is 1.19 bits per heavy atom. The number of nitrogens with one attached hydrogen (secondary N) is 1. The molecule has 3 aromatic heterocycles. The molecular formula is C23H29N5O4. The summed E-state index contributed by atoms with van der Waals surface area (Å²) in [5, 5.41) is 3.22. The van der Waals surface area contributed by atoms with Gasteiger partial charge in [0.15, 0.2) is 5.65 Å². The third kappa shape index (κ3) is 4.10. The lowest BCUT2D eigenvalue weighted by Gasteiger charge is -2.31. The molecule has 2 aliphatic heterocycles. The van der Waals surface area contributed by atoms with E-state index in [0.29, 0.717) is 44.1 Å². The molecule has 2 saturated heterocycles. The minimum Gasteiger partial charge on any atom is -0.467 e. The van der Waals surface area contributed by atoms with Crippen LogP contribution in [-0.2, 0) is 17.7 Å². The molecule has 32 heavy (non-hydrogen) atoms. The maximum atomic E-state index is 13.2. The van der Waals surface area contributed by atoms with Crippen molar-refractivity contribution in [2.24, 2.45) is 0 Å². The number of H-pyrrole nitrogens is 1. The molecule has 0 saturated carbocycles. The number of aromatic amines is 1. The van der Waals surface area contributed by atoms with Crippen molar-refractivity contribution in [3.05, 3.63) is 57.5 Å². The number of piperidine rings is 1. The summed E-state index contributed by atoms with van der Waals surface area (Å²) in [6.07, 6.45) is 4.01. The molecule has 0 atom stereocenters. The quantitative estimate of drug-likeness (QED) is 0.654. The molecule has 0 radical (unpaired) electrons. The highest BCUT2D eigenvalue weighted by Gasteiger charge is 2.28. The van der Waals surface area contributed by atoms with Crippen molar-refractivity contribution in [1.82, 2.24) is 24.4 Å². The van der Waals surface area contributed by atoms with Gasteiger partial charge in [0.2, 0.25) is 0 Å². The molecule has 0 spiro atoms. The second kappa shape index (κ2) is 8.91. The Labute approximate surface area is 185 Å². The van der Waals surface area contributed by atoms with Gasteiger partial charge in [-0.25, -0.2) is 9.50 Å². The van der Waals surface area contributed by atoms with E-state index in [9.17, 15) is 9.59 Å². The Bertz CT molecular complexity index is 1150. The fourth-order valence-electron chi connectivity index (χ4n) is 4.63. The molecule has 3 aromatic rings. The summed E-state index contributed by atoms with van der Waals surface area (Å²) in [6, 6.07) is 5.33. The maximum Gasteiger partial charge on any atom is 0.272 e. The van der Waals surface area contributed by atoms with Gasteiger partial charge in [-0.3, -0.25) is 19.6 Å². The molecule has 0 aliphatic carbocycles. The van der Waals surface area contributed by atoms with Gasteiger partial charge >= 0.3 is 0 Å². The standard InChI is InChI=1S/C23H29N5O4/c1-2-17-13-22(29)28-21(24-17)14-19(25-28)16-3-6-27(7-4-16)23(30)18-5-10-32-20(18)15-26-8-11-31-12-9-26/h5,10,13-14,16,25H,2-4,6-9,11-12,15H2,1H3. The first-order chi connectivity index (χ1) is 15.6. The van der Waals surface area contributed by atoms with Gasteiger partial charge in [-0.2, -0.15) is 0 Å². The van der Waals surface area contributed by atoms with Crippen LogP contribution >= 0.6 is 0 Å². The van der Waals surface area contributed by atoms with Crippen LogP contribution < -0.4 is 5.56 Å². The minimum atomic E-state index is -0.0848. The van der Waals surface area contributed by atoms with Crippen molar-refractivity contribution in [3.63, 3.8) is 0 Å². The van der Waals surface area contributed by atoms with Crippen LogP contribution in [-0.4, -0.2) is 69.7 Å². The predicted molar refractivity (Wildman–Crippen MR) is 118 cm³/mol. The zero-order valence-corrected chi connectivity index (χ0v) is 18.4. The van der Waals surface area contributed by atoms with Crippen LogP contribution in [0.25, 0.3) is 5.65 Å². The largest absolute Gasteiger partial charge is 0.467 e. The number of fused-ring (bicyclic) bond motifs is 1. The van der Waals surface area contributed by atoms with Crippen molar-refractivity contribution in [2.45, 2.75) is 38.6 Å².